The molecule has 0 fully saturated rings. The molecule has 0 saturated heterocycles. The maximum Gasteiger partial charge on any atom is 0.0963 e. The number of rotatable bonds is 4. The summed E-state index contributed by atoms with van der Waals surface area (Å²) in [6.45, 7) is 0. The van der Waals surface area contributed by atoms with Gasteiger partial charge in [0.15, 0.2) is 0 Å². The normalized spacial score (nSPS) is 11.4. The van der Waals surface area contributed by atoms with Crippen molar-refractivity contribution in [1.29, 1.82) is 0 Å². The van der Waals surface area contributed by atoms with Crippen molar-refractivity contribution in [2.24, 2.45) is 0 Å². The Morgan fingerprint density at radius 2 is 1.17 bits per heavy atom. The zero-order valence-electron chi connectivity index (χ0n) is 22.1. The average molecular weight is 525 g/mol. The van der Waals surface area contributed by atoms with Crippen LogP contribution in [0.5, 0.6) is 0 Å². The van der Waals surface area contributed by atoms with E-state index in [1.807, 2.05) is 30.7 Å². The van der Waals surface area contributed by atoms with Crippen LogP contribution in [-0.4, -0.2) is 19.5 Å². The van der Waals surface area contributed by atoms with E-state index in [1.165, 1.54) is 16.3 Å². The fourth-order valence-electron chi connectivity index (χ4n) is 5.78. The molecule has 0 aliphatic rings. The second-order valence-corrected chi connectivity index (χ2v) is 10.2. The highest BCUT2D eigenvalue weighted by atomic mass is 15.0. The van der Waals surface area contributed by atoms with Crippen LogP contribution in [0.3, 0.4) is 0 Å². The zero-order chi connectivity index (χ0) is 27.2. The molecule has 0 aliphatic carbocycles. The summed E-state index contributed by atoms with van der Waals surface area (Å²) in [7, 11) is 0. The third-order valence-corrected chi connectivity index (χ3v) is 7.76. The minimum atomic E-state index is 0.850. The van der Waals surface area contributed by atoms with Gasteiger partial charge in [0.05, 0.1) is 27.9 Å². The minimum absolute atomic E-state index is 0.850. The molecule has 0 amide bonds. The maximum absolute atomic E-state index is 4.79. The van der Waals surface area contributed by atoms with Crippen molar-refractivity contribution in [2.75, 3.05) is 0 Å². The van der Waals surface area contributed by atoms with E-state index in [0.29, 0.717) is 0 Å². The Hall–Kier alpha value is -5.61. The number of benzene rings is 4. The number of hydrogen-bond acceptors (Lipinski definition) is 3. The molecule has 0 bridgehead atoms. The van der Waals surface area contributed by atoms with Crippen molar-refractivity contribution >= 4 is 32.7 Å². The molecule has 4 aromatic heterocycles. The molecular formula is C37H24N4. The maximum atomic E-state index is 4.79. The predicted octanol–water partition coefficient (Wildman–Crippen LogP) is 9.12. The Bertz CT molecular complexity index is 2130. The lowest BCUT2D eigenvalue weighted by Crippen LogP contribution is -1.94. The summed E-state index contributed by atoms with van der Waals surface area (Å²) in [5.74, 6) is 0. The standard InChI is InChI=1S/C37H24N4/c1-2-12-30-25(8-1)9-6-14-31(30)28-18-20-34(40-24-28)33-19-17-27(23-39-33)26-10-5-11-29(22-26)41-35-15-4-3-13-32(35)37-36(41)16-7-21-38-37/h1-24H. The zero-order valence-corrected chi connectivity index (χ0v) is 22.1. The van der Waals surface area contributed by atoms with Gasteiger partial charge in [-0.1, -0.05) is 84.9 Å². The Morgan fingerprint density at radius 3 is 2.00 bits per heavy atom. The molecule has 8 aromatic rings. The summed E-state index contributed by atoms with van der Waals surface area (Å²) in [6, 6.07) is 44.3. The monoisotopic (exact) mass is 524 g/mol. The average Bonchev–Trinajstić information content (AvgIpc) is 3.39. The lowest BCUT2D eigenvalue weighted by molar-refractivity contribution is 1.17. The molecule has 0 radical (unpaired) electrons. The highest BCUT2D eigenvalue weighted by molar-refractivity contribution is 6.07. The summed E-state index contributed by atoms with van der Waals surface area (Å²) in [5.41, 5.74) is 10.5. The van der Waals surface area contributed by atoms with E-state index in [2.05, 4.69) is 125 Å². The van der Waals surface area contributed by atoms with E-state index >= 15 is 0 Å². The van der Waals surface area contributed by atoms with Gasteiger partial charge in [0, 0.05) is 40.8 Å². The minimum Gasteiger partial charge on any atom is -0.308 e. The van der Waals surface area contributed by atoms with Crippen LogP contribution < -0.4 is 0 Å². The highest BCUT2D eigenvalue weighted by Gasteiger charge is 2.13. The van der Waals surface area contributed by atoms with E-state index in [-0.39, 0.29) is 0 Å². The molecule has 4 nitrogen and oxygen atoms in total. The first kappa shape index (κ1) is 23.3. The summed E-state index contributed by atoms with van der Waals surface area (Å²) < 4.78 is 2.28. The van der Waals surface area contributed by atoms with Crippen molar-refractivity contribution < 1.29 is 0 Å². The topological polar surface area (TPSA) is 43.6 Å². The van der Waals surface area contributed by atoms with Crippen LogP contribution in [-0.2, 0) is 0 Å². The van der Waals surface area contributed by atoms with Gasteiger partial charge in [-0.3, -0.25) is 15.0 Å². The molecule has 41 heavy (non-hydrogen) atoms. The van der Waals surface area contributed by atoms with Gasteiger partial charge >= 0.3 is 0 Å². The first-order chi connectivity index (χ1) is 20.3. The first-order valence-corrected chi connectivity index (χ1v) is 13.7. The fraction of sp³-hybridized carbons (Fsp3) is 0. The van der Waals surface area contributed by atoms with E-state index in [9.17, 15) is 0 Å². The van der Waals surface area contributed by atoms with Gasteiger partial charge in [0.1, 0.15) is 0 Å². The van der Waals surface area contributed by atoms with Gasteiger partial charge in [0.2, 0.25) is 0 Å². The summed E-state index contributed by atoms with van der Waals surface area (Å²) in [5, 5.41) is 3.61. The molecule has 4 heteroatoms. The van der Waals surface area contributed by atoms with E-state index in [4.69, 9.17) is 9.97 Å². The molecule has 0 N–H and O–H groups in total. The Labute approximate surface area is 237 Å². The van der Waals surface area contributed by atoms with Crippen molar-refractivity contribution in [2.45, 2.75) is 0 Å². The fourth-order valence-corrected chi connectivity index (χ4v) is 5.78. The largest absolute Gasteiger partial charge is 0.308 e. The van der Waals surface area contributed by atoms with Crippen molar-refractivity contribution in [3.8, 4) is 39.3 Å². The molecule has 0 spiro atoms. The first-order valence-electron chi connectivity index (χ1n) is 13.7. The summed E-state index contributed by atoms with van der Waals surface area (Å²) >= 11 is 0. The third-order valence-electron chi connectivity index (χ3n) is 7.76. The molecule has 192 valence electrons. The molecule has 0 atom stereocenters. The number of pyridine rings is 3. The lowest BCUT2D eigenvalue weighted by Gasteiger charge is -2.10. The van der Waals surface area contributed by atoms with Crippen molar-refractivity contribution in [3.05, 3.63) is 146 Å². The molecule has 0 unspecified atom stereocenters. The molecule has 0 aliphatic heterocycles. The van der Waals surface area contributed by atoms with Crippen molar-refractivity contribution in [1.82, 2.24) is 19.5 Å². The SMILES string of the molecule is c1cc(-c2ccc(-c3ccc(-c4cccc5ccccc45)cn3)nc2)cc(-n2c3ccccc3c3ncccc32)c1. The Balaban J connectivity index is 1.12. The molecule has 8 rings (SSSR count). The second kappa shape index (κ2) is 9.54. The van der Waals surface area contributed by atoms with Crippen LogP contribution in [0.25, 0.3) is 72.0 Å². The van der Waals surface area contributed by atoms with Gasteiger partial charge in [0.25, 0.3) is 0 Å². The van der Waals surface area contributed by atoms with Gasteiger partial charge in [-0.15, -0.1) is 0 Å². The van der Waals surface area contributed by atoms with Crippen LogP contribution in [0, 0.1) is 0 Å². The third kappa shape index (κ3) is 3.97. The van der Waals surface area contributed by atoms with Crippen LogP contribution in [0.1, 0.15) is 0 Å². The van der Waals surface area contributed by atoms with Gasteiger partial charge < -0.3 is 4.57 Å². The van der Waals surface area contributed by atoms with Gasteiger partial charge in [-0.05, 0) is 64.4 Å². The number of fused-ring (bicyclic) bond motifs is 4. The number of nitrogens with zero attached hydrogens (tertiary/aromatic N) is 4. The Morgan fingerprint density at radius 1 is 0.463 bits per heavy atom. The summed E-state index contributed by atoms with van der Waals surface area (Å²) in [6.07, 6.45) is 5.73. The lowest BCUT2D eigenvalue weighted by atomic mass is 9.99. The Kier molecular flexibility index (Phi) is 5.42. The van der Waals surface area contributed by atoms with Gasteiger partial charge in [-0.2, -0.15) is 0 Å². The van der Waals surface area contributed by atoms with E-state index in [0.717, 1.165) is 55.7 Å². The smallest absolute Gasteiger partial charge is 0.0963 e. The number of aromatic nitrogens is 4. The summed E-state index contributed by atoms with van der Waals surface area (Å²) in [4.78, 5) is 14.2. The van der Waals surface area contributed by atoms with Crippen molar-refractivity contribution in [3.63, 3.8) is 0 Å². The number of hydrogen-bond donors (Lipinski definition) is 0. The second-order valence-electron chi connectivity index (χ2n) is 10.2. The van der Waals surface area contributed by atoms with Gasteiger partial charge in [-0.25, -0.2) is 0 Å². The predicted molar refractivity (Wildman–Crippen MR) is 168 cm³/mol. The molecule has 4 aromatic carbocycles. The van der Waals surface area contributed by atoms with Crippen LogP contribution in [0.4, 0.5) is 0 Å². The number of para-hydroxylation sites is 1. The molecule has 0 saturated carbocycles. The highest BCUT2D eigenvalue weighted by Crippen LogP contribution is 2.33. The van der Waals surface area contributed by atoms with Crippen LogP contribution >= 0.6 is 0 Å². The quantitative estimate of drug-likeness (QED) is 0.231. The van der Waals surface area contributed by atoms with Crippen LogP contribution in [0.2, 0.25) is 0 Å². The van der Waals surface area contributed by atoms with E-state index in [1.54, 1.807) is 0 Å². The van der Waals surface area contributed by atoms with E-state index < -0.39 is 0 Å². The van der Waals surface area contributed by atoms with Crippen LogP contribution in [0.15, 0.2) is 146 Å². The molecule has 4 heterocycles. The molecular weight excluding hydrogens is 500 g/mol.